The summed E-state index contributed by atoms with van der Waals surface area (Å²) in [6.45, 7) is 9.72. The molecule has 0 aliphatic carbocycles. The Hall–Kier alpha value is -2.21. The average molecular weight is 537 g/mol. The third-order valence-electron chi connectivity index (χ3n) is 4.90. The van der Waals surface area contributed by atoms with E-state index in [0.29, 0.717) is 43.9 Å². The quantitative estimate of drug-likeness (QED) is 0.283. The second kappa shape index (κ2) is 8.73. The molecule has 0 saturated heterocycles. The fraction of sp³-hybridized carbons (Fsp3) is 0.476. The minimum Gasteiger partial charge on any atom is -0.486 e. The average Bonchev–Trinajstić information content (AvgIpc) is 3.02. The molecule has 0 radical (unpaired) electrons. The van der Waals surface area contributed by atoms with Crippen LogP contribution in [0, 0.1) is 15.1 Å². The van der Waals surface area contributed by atoms with Gasteiger partial charge >= 0.3 is 6.08 Å². The normalized spacial score (nSPS) is 13.7. The number of ether oxygens (including phenoxy) is 2. The predicted octanol–water partition coefficient (Wildman–Crippen LogP) is 3.15. The van der Waals surface area contributed by atoms with Crippen LogP contribution >= 0.6 is 22.6 Å². The van der Waals surface area contributed by atoms with Gasteiger partial charge in [-0.25, -0.2) is 4.98 Å². The molecule has 3 N–H and O–H groups in total. The number of nitrogens with one attached hydrogen (secondary N) is 1. The van der Waals surface area contributed by atoms with E-state index in [4.69, 9.17) is 15.2 Å². The van der Waals surface area contributed by atoms with Gasteiger partial charge in [-0.1, -0.05) is 20.8 Å². The highest BCUT2D eigenvalue weighted by Gasteiger charge is 2.20. The molecule has 0 bridgehead atoms. The van der Waals surface area contributed by atoms with Crippen LogP contribution in [0.3, 0.4) is 0 Å². The Labute approximate surface area is 193 Å². The van der Waals surface area contributed by atoms with Crippen molar-refractivity contribution in [3.05, 3.63) is 33.2 Å². The number of rotatable bonds is 6. The van der Waals surface area contributed by atoms with Crippen LogP contribution in [-0.4, -0.2) is 45.8 Å². The Bertz CT molecular complexity index is 1110. The standard InChI is InChI=1S/C21H26FIN6O2/c1-21(2,3)11-25-4-5-29-16(26-17-18(24)27-20(22)28-19(17)29)9-12-8-14-15(10-13(12)23)31-7-6-30-14/h8,10,25H,4-7,9,11H2,1-3H3,(H2,24,27,28)/i23-3. The maximum atomic E-state index is 13.9. The van der Waals surface area contributed by atoms with Crippen molar-refractivity contribution in [2.45, 2.75) is 33.7 Å². The molecule has 1 aromatic carbocycles. The fourth-order valence-electron chi connectivity index (χ4n) is 3.48. The molecule has 166 valence electrons. The van der Waals surface area contributed by atoms with Gasteiger partial charge in [0.05, 0.1) is 0 Å². The zero-order valence-corrected chi connectivity index (χ0v) is 20.0. The van der Waals surface area contributed by atoms with Gasteiger partial charge in [0.15, 0.2) is 28.5 Å². The SMILES string of the molecule is CC(C)(C)CNCCn1c(Cc2cc3c(cc2[124I])OCCO3)nc2c(N)nc(F)nc21. The Balaban J connectivity index is 1.67. The van der Waals surface area contributed by atoms with Gasteiger partial charge in [0, 0.05) is 29.6 Å². The van der Waals surface area contributed by atoms with Gasteiger partial charge in [0.1, 0.15) is 19.0 Å². The number of halogens is 2. The first kappa shape index (κ1) is 22.0. The van der Waals surface area contributed by atoms with Crippen molar-refractivity contribution in [1.29, 1.82) is 0 Å². The van der Waals surface area contributed by atoms with E-state index in [2.05, 4.69) is 63.6 Å². The van der Waals surface area contributed by atoms with Crippen LogP contribution in [0.2, 0.25) is 0 Å². The summed E-state index contributed by atoms with van der Waals surface area (Å²) in [6, 6.07) is 3.95. The van der Waals surface area contributed by atoms with Crippen molar-refractivity contribution in [1.82, 2.24) is 24.8 Å². The third-order valence-corrected chi connectivity index (χ3v) is 5.90. The number of anilines is 1. The van der Waals surface area contributed by atoms with E-state index in [1.165, 1.54) is 0 Å². The molecule has 0 saturated carbocycles. The van der Waals surface area contributed by atoms with Gasteiger partial charge in [0.25, 0.3) is 0 Å². The van der Waals surface area contributed by atoms with Crippen LogP contribution in [-0.2, 0) is 13.0 Å². The minimum atomic E-state index is -0.853. The molecule has 10 heteroatoms. The second-order valence-corrected chi connectivity index (χ2v) is 9.89. The van der Waals surface area contributed by atoms with Gasteiger partial charge in [0.2, 0.25) is 0 Å². The van der Waals surface area contributed by atoms with Gasteiger partial charge in [-0.15, -0.1) is 0 Å². The minimum absolute atomic E-state index is 0.0435. The number of nitrogens with zero attached hydrogens (tertiary/aromatic N) is 4. The number of imidazole rings is 1. The number of fused-ring (bicyclic) bond motifs is 2. The molecule has 3 heterocycles. The molecule has 1 aliphatic heterocycles. The summed E-state index contributed by atoms with van der Waals surface area (Å²) < 4.78 is 28.3. The molecule has 2 aromatic heterocycles. The zero-order chi connectivity index (χ0) is 22.2. The molecule has 0 spiro atoms. The maximum absolute atomic E-state index is 13.9. The van der Waals surface area contributed by atoms with Crippen LogP contribution in [0.15, 0.2) is 12.1 Å². The van der Waals surface area contributed by atoms with E-state index in [9.17, 15) is 4.39 Å². The fourth-order valence-corrected chi connectivity index (χ4v) is 4.10. The molecule has 0 amide bonds. The Morgan fingerprint density at radius 2 is 1.87 bits per heavy atom. The van der Waals surface area contributed by atoms with Crippen molar-refractivity contribution in [3.8, 4) is 11.5 Å². The first-order valence-corrected chi connectivity index (χ1v) is 11.3. The Morgan fingerprint density at radius 1 is 1.16 bits per heavy atom. The summed E-state index contributed by atoms with van der Waals surface area (Å²) in [5.74, 6) is 2.26. The maximum Gasteiger partial charge on any atom is 0.312 e. The molecule has 3 aromatic rings. The predicted molar refractivity (Wildman–Crippen MR) is 125 cm³/mol. The lowest BCUT2D eigenvalue weighted by Gasteiger charge is -2.20. The van der Waals surface area contributed by atoms with Gasteiger partial charge in [-0.3, -0.25) is 0 Å². The summed E-state index contributed by atoms with van der Waals surface area (Å²) in [5, 5.41) is 3.45. The molecule has 0 atom stereocenters. The zero-order valence-electron chi connectivity index (χ0n) is 17.8. The van der Waals surface area contributed by atoms with Crippen molar-refractivity contribution in [3.63, 3.8) is 0 Å². The molecular weight excluding hydrogens is 511 g/mol. The highest BCUT2D eigenvalue weighted by atomic mass is 124. The second-order valence-electron chi connectivity index (χ2n) is 8.73. The molecule has 31 heavy (non-hydrogen) atoms. The third kappa shape index (κ3) is 5.00. The van der Waals surface area contributed by atoms with Gasteiger partial charge in [-0.05, 0) is 45.7 Å². The largest absolute Gasteiger partial charge is 0.486 e. The first-order chi connectivity index (χ1) is 14.7. The van der Waals surface area contributed by atoms with Crippen molar-refractivity contribution >= 4 is 39.6 Å². The highest BCUT2D eigenvalue weighted by molar-refractivity contribution is 14.1. The number of hydrogen-bond acceptors (Lipinski definition) is 7. The summed E-state index contributed by atoms with van der Waals surface area (Å²) in [6.07, 6.45) is -0.333. The van der Waals surface area contributed by atoms with E-state index in [0.717, 1.165) is 33.0 Å². The summed E-state index contributed by atoms with van der Waals surface area (Å²) >= 11 is 2.28. The van der Waals surface area contributed by atoms with E-state index < -0.39 is 6.08 Å². The molecule has 0 fully saturated rings. The number of nitrogens with two attached hydrogens (primary N) is 1. The van der Waals surface area contributed by atoms with E-state index in [1.54, 1.807) is 0 Å². The Morgan fingerprint density at radius 3 is 2.58 bits per heavy atom. The molecule has 1 aliphatic rings. The monoisotopic (exact) mass is 537 g/mol. The smallest absolute Gasteiger partial charge is 0.312 e. The lowest BCUT2D eigenvalue weighted by Crippen LogP contribution is -2.30. The van der Waals surface area contributed by atoms with Crippen molar-refractivity contribution in [2.24, 2.45) is 5.41 Å². The molecule has 4 rings (SSSR count). The van der Waals surface area contributed by atoms with Crippen LogP contribution < -0.4 is 20.5 Å². The van der Waals surface area contributed by atoms with Crippen LogP contribution in [0.1, 0.15) is 32.2 Å². The highest BCUT2D eigenvalue weighted by Crippen LogP contribution is 2.35. The van der Waals surface area contributed by atoms with Crippen LogP contribution in [0.5, 0.6) is 11.5 Å². The number of nitrogen functional groups attached to an aromatic ring is 1. The summed E-state index contributed by atoms with van der Waals surface area (Å²) in [5.41, 5.74) is 7.97. The number of hydrogen-bond donors (Lipinski definition) is 2. The van der Waals surface area contributed by atoms with Gasteiger partial charge in [-0.2, -0.15) is 14.4 Å². The van der Waals surface area contributed by atoms with Crippen LogP contribution in [0.25, 0.3) is 11.2 Å². The topological polar surface area (TPSA) is 100 Å². The number of aromatic nitrogens is 4. The van der Waals surface area contributed by atoms with E-state index in [1.807, 2.05) is 16.7 Å². The molecular formula is C21H26FIN6O2. The molecule has 0 unspecified atom stereocenters. The molecule has 8 nitrogen and oxygen atoms in total. The van der Waals surface area contributed by atoms with Gasteiger partial charge < -0.3 is 25.1 Å². The van der Waals surface area contributed by atoms with Crippen molar-refractivity contribution in [2.75, 3.05) is 32.0 Å². The first-order valence-electron chi connectivity index (χ1n) is 10.2. The van der Waals surface area contributed by atoms with E-state index >= 15 is 0 Å². The summed E-state index contributed by atoms with van der Waals surface area (Å²) in [4.78, 5) is 12.3. The summed E-state index contributed by atoms with van der Waals surface area (Å²) in [7, 11) is 0. The van der Waals surface area contributed by atoms with Crippen LogP contribution in [0.4, 0.5) is 10.2 Å². The number of benzene rings is 1. The Kier molecular flexibility index (Phi) is 6.20. The lowest BCUT2D eigenvalue weighted by molar-refractivity contribution is 0.171. The van der Waals surface area contributed by atoms with E-state index in [-0.39, 0.29) is 11.2 Å². The van der Waals surface area contributed by atoms with Crippen molar-refractivity contribution < 1.29 is 13.9 Å². The lowest BCUT2D eigenvalue weighted by atomic mass is 9.97.